The van der Waals surface area contributed by atoms with Crippen LogP contribution in [0.1, 0.15) is 84.0 Å². The minimum absolute atomic E-state index is 0. The van der Waals surface area contributed by atoms with E-state index in [9.17, 15) is 9.59 Å². The Bertz CT molecular complexity index is 412. The van der Waals surface area contributed by atoms with Gasteiger partial charge in [-0.3, -0.25) is 0 Å². The largest absolute Gasteiger partial charge is 1.00 e. The topological polar surface area (TPSA) is 134 Å². The van der Waals surface area contributed by atoms with E-state index in [2.05, 4.69) is 0 Å². The molecule has 0 unspecified atom stereocenters. The van der Waals surface area contributed by atoms with Crippen molar-refractivity contribution < 1.29 is 86.5 Å². The Morgan fingerprint density at radius 1 is 0.733 bits per heavy atom. The molecule has 0 aromatic rings. The molecule has 0 rings (SSSR count). The van der Waals surface area contributed by atoms with Crippen molar-refractivity contribution in [2.24, 2.45) is 0 Å². The SMILES string of the molecule is CCOC(=O)/C=C\CCCCCCCO.O=C(O)/C=C/CCCCCCCO.[K+].[OH-]. The predicted octanol–water partition coefficient (Wildman–Crippen LogP) is 1.23. The number of hydrogen-bond acceptors (Lipinski definition) is 6. The van der Waals surface area contributed by atoms with Gasteiger partial charge in [0.1, 0.15) is 0 Å². The van der Waals surface area contributed by atoms with Crippen molar-refractivity contribution in [2.75, 3.05) is 19.8 Å². The van der Waals surface area contributed by atoms with Gasteiger partial charge >= 0.3 is 63.3 Å². The number of unbranched alkanes of at least 4 members (excludes halogenated alkanes) is 10. The number of allylic oxidation sites excluding steroid dienone is 2. The third kappa shape index (κ3) is 38.5. The Hall–Kier alpha value is -0.0636. The minimum atomic E-state index is -0.875. The summed E-state index contributed by atoms with van der Waals surface area (Å²) in [5.41, 5.74) is 0. The number of aliphatic hydroxyl groups is 2. The van der Waals surface area contributed by atoms with E-state index in [0.29, 0.717) is 13.2 Å². The zero-order chi connectivity index (χ0) is 21.3. The second-order valence-electron chi connectivity index (χ2n) is 6.46. The third-order valence-electron chi connectivity index (χ3n) is 3.86. The molecule has 172 valence electrons. The molecule has 0 fully saturated rings. The Morgan fingerprint density at radius 2 is 1.13 bits per heavy atom. The fourth-order valence-corrected chi connectivity index (χ4v) is 2.36. The molecule has 0 saturated heterocycles. The van der Waals surface area contributed by atoms with Crippen molar-refractivity contribution in [3.63, 3.8) is 0 Å². The Morgan fingerprint density at radius 3 is 1.53 bits per heavy atom. The summed E-state index contributed by atoms with van der Waals surface area (Å²) in [4.78, 5) is 20.9. The number of carboxylic acids is 1. The fourth-order valence-electron chi connectivity index (χ4n) is 2.36. The molecule has 0 aromatic carbocycles. The number of hydrogen-bond donors (Lipinski definition) is 3. The van der Waals surface area contributed by atoms with Crippen LogP contribution < -0.4 is 51.4 Å². The second kappa shape index (κ2) is 33.6. The Kier molecular flexibility index (Phi) is 41.7. The van der Waals surface area contributed by atoms with Crippen molar-refractivity contribution in [1.82, 2.24) is 0 Å². The molecular formula is C22H41KO7. The van der Waals surface area contributed by atoms with Crippen molar-refractivity contribution >= 4 is 11.9 Å². The molecule has 0 saturated carbocycles. The van der Waals surface area contributed by atoms with E-state index < -0.39 is 5.97 Å². The maximum atomic E-state index is 10.9. The van der Waals surface area contributed by atoms with Crippen molar-refractivity contribution in [3.05, 3.63) is 24.3 Å². The number of carboxylic acid groups (broad SMARTS) is 1. The Labute approximate surface area is 224 Å². The first-order valence-corrected chi connectivity index (χ1v) is 10.5. The molecule has 8 heteroatoms. The molecule has 0 amide bonds. The van der Waals surface area contributed by atoms with Crippen molar-refractivity contribution in [2.45, 2.75) is 84.0 Å². The normalized spacial score (nSPS) is 10.1. The summed E-state index contributed by atoms with van der Waals surface area (Å²) in [7, 11) is 0. The van der Waals surface area contributed by atoms with Crippen molar-refractivity contribution in [1.29, 1.82) is 0 Å². The molecule has 0 aliphatic heterocycles. The number of aliphatic carboxylic acids is 1. The van der Waals surface area contributed by atoms with Gasteiger partial charge in [-0.25, -0.2) is 9.59 Å². The van der Waals surface area contributed by atoms with Gasteiger partial charge < -0.3 is 25.5 Å². The molecule has 0 heterocycles. The minimum Gasteiger partial charge on any atom is -0.870 e. The van der Waals surface area contributed by atoms with Crippen LogP contribution in [-0.4, -0.2) is 52.6 Å². The van der Waals surface area contributed by atoms with E-state index in [-0.39, 0.29) is 69.4 Å². The van der Waals surface area contributed by atoms with Crippen LogP contribution in [0.25, 0.3) is 0 Å². The molecule has 0 radical (unpaired) electrons. The van der Waals surface area contributed by atoms with Crippen LogP contribution in [0.4, 0.5) is 0 Å². The van der Waals surface area contributed by atoms with E-state index in [0.717, 1.165) is 77.0 Å². The molecule has 0 aliphatic carbocycles. The van der Waals surface area contributed by atoms with Crippen LogP contribution in [0.15, 0.2) is 24.3 Å². The number of carbonyl (C=O) groups excluding carboxylic acids is 1. The van der Waals surface area contributed by atoms with Crippen molar-refractivity contribution in [3.8, 4) is 0 Å². The molecule has 0 aromatic heterocycles. The first kappa shape index (κ1) is 37.3. The Balaban J connectivity index is -0.000000213. The summed E-state index contributed by atoms with van der Waals surface area (Å²) in [6, 6.07) is 0. The number of esters is 1. The maximum Gasteiger partial charge on any atom is 1.00 e. The predicted molar refractivity (Wildman–Crippen MR) is 114 cm³/mol. The number of carbonyl (C=O) groups is 2. The smallest absolute Gasteiger partial charge is 0.870 e. The van der Waals surface area contributed by atoms with E-state index >= 15 is 0 Å². The van der Waals surface area contributed by atoms with Gasteiger partial charge in [0.05, 0.1) is 6.61 Å². The van der Waals surface area contributed by atoms with Gasteiger partial charge in [-0.2, -0.15) is 0 Å². The van der Waals surface area contributed by atoms with Gasteiger partial charge in [0.25, 0.3) is 0 Å². The molecular weight excluding hydrogens is 415 g/mol. The average Bonchev–Trinajstić information content (AvgIpc) is 2.66. The first-order valence-electron chi connectivity index (χ1n) is 10.5. The van der Waals surface area contributed by atoms with E-state index in [1.807, 2.05) is 6.08 Å². The van der Waals surface area contributed by atoms with Gasteiger partial charge in [-0.15, -0.1) is 0 Å². The summed E-state index contributed by atoms with van der Waals surface area (Å²) in [6.07, 6.45) is 18.6. The standard InChI is InChI=1S/C12H22O3.C10H18O3.K.H2O/c1-2-15-12(14)10-8-6-4-3-5-7-9-11-13;11-9-7-5-3-1-2-4-6-8-10(12)13;;/h8,10,13H,2-7,9,11H2,1H3;6,8,11H,1-5,7,9H2,(H,12,13);;1H2/q;;+1;/p-1/b10-8-;8-6+;;. The molecule has 0 atom stereocenters. The van der Waals surface area contributed by atoms with Gasteiger partial charge in [0, 0.05) is 25.4 Å². The van der Waals surface area contributed by atoms with Crippen LogP contribution in [0, 0.1) is 0 Å². The van der Waals surface area contributed by atoms with Gasteiger partial charge in [0.2, 0.25) is 0 Å². The number of aliphatic hydroxyl groups excluding tert-OH is 2. The second-order valence-corrected chi connectivity index (χ2v) is 6.46. The van der Waals surface area contributed by atoms with E-state index in [4.69, 9.17) is 20.1 Å². The summed E-state index contributed by atoms with van der Waals surface area (Å²) >= 11 is 0. The summed E-state index contributed by atoms with van der Waals surface area (Å²) in [5, 5.41) is 25.3. The van der Waals surface area contributed by atoms with Gasteiger partial charge in [-0.1, -0.05) is 50.7 Å². The molecule has 0 spiro atoms. The van der Waals surface area contributed by atoms with Gasteiger partial charge in [-0.05, 0) is 45.4 Å². The van der Waals surface area contributed by atoms with Crippen LogP contribution >= 0.6 is 0 Å². The monoisotopic (exact) mass is 456 g/mol. The molecule has 0 aliphatic rings. The maximum absolute atomic E-state index is 10.9. The van der Waals surface area contributed by atoms with Crippen LogP contribution in [0.3, 0.4) is 0 Å². The summed E-state index contributed by atoms with van der Waals surface area (Å²) in [6.45, 7) is 2.80. The third-order valence-corrected chi connectivity index (χ3v) is 3.86. The van der Waals surface area contributed by atoms with E-state index in [1.165, 1.54) is 12.2 Å². The zero-order valence-corrected chi connectivity index (χ0v) is 22.1. The molecule has 0 bridgehead atoms. The summed E-state index contributed by atoms with van der Waals surface area (Å²) in [5.74, 6) is -1.13. The van der Waals surface area contributed by atoms with Gasteiger partial charge in [0.15, 0.2) is 0 Å². The number of ether oxygens (including phenoxy) is 1. The van der Waals surface area contributed by atoms with Crippen LogP contribution in [0.5, 0.6) is 0 Å². The quantitative estimate of drug-likeness (QED) is 0.130. The van der Waals surface area contributed by atoms with E-state index in [1.54, 1.807) is 13.0 Å². The molecule has 30 heavy (non-hydrogen) atoms. The first-order chi connectivity index (χ1) is 13.6. The average molecular weight is 457 g/mol. The molecule has 4 N–H and O–H groups in total. The molecule has 7 nitrogen and oxygen atoms in total. The summed E-state index contributed by atoms with van der Waals surface area (Å²) < 4.78 is 4.75. The van der Waals surface area contributed by atoms with Crippen LogP contribution in [-0.2, 0) is 14.3 Å². The van der Waals surface area contributed by atoms with Crippen LogP contribution in [0.2, 0.25) is 0 Å². The zero-order valence-electron chi connectivity index (χ0n) is 18.9. The fraction of sp³-hybridized carbons (Fsp3) is 0.727. The number of rotatable bonds is 17.